The molecule has 3 atom stereocenters. The molecule has 13 heavy (non-hydrogen) atoms. The summed E-state index contributed by atoms with van der Waals surface area (Å²) in [5.74, 6) is 0. The molecule has 1 saturated heterocycles. The predicted octanol–water partition coefficient (Wildman–Crippen LogP) is -0.503. The molecule has 0 bridgehead atoms. The van der Waals surface area contributed by atoms with E-state index in [9.17, 15) is 5.11 Å². The minimum absolute atomic E-state index is 0.0778. The molecule has 1 aliphatic rings. The van der Waals surface area contributed by atoms with E-state index in [1.807, 2.05) is 0 Å². The van der Waals surface area contributed by atoms with Crippen molar-refractivity contribution in [2.45, 2.75) is 38.0 Å². The number of hydrogen-bond donors (Lipinski definition) is 3. The first kappa shape index (κ1) is 10.9. The van der Waals surface area contributed by atoms with Crippen LogP contribution in [-0.2, 0) is 4.74 Å². The van der Waals surface area contributed by atoms with Crippen molar-refractivity contribution in [2.24, 2.45) is 0 Å². The lowest BCUT2D eigenvalue weighted by Gasteiger charge is -2.14. The molecule has 0 aromatic heterocycles. The number of aliphatic hydroxyl groups is 2. The second kappa shape index (κ2) is 5.54. The molecule has 4 nitrogen and oxygen atoms in total. The SMILES string of the molecule is CC(O)CCCNC1COCC1O. The van der Waals surface area contributed by atoms with Gasteiger partial charge in [0.05, 0.1) is 31.5 Å². The first-order chi connectivity index (χ1) is 6.20. The molecule has 0 aromatic carbocycles. The van der Waals surface area contributed by atoms with E-state index < -0.39 is 0 Å². The second-order valence-corrected chi connectivity index (χ2v) is 3.66. The van der Waals surface area contributed by atoms with Crippen LogP contribution in [0.25, 0.3) is 0 Å². The summed E-state index contributed by atoms with van der Waals surface area (Å²) in [5, 5.41) is 21.6. The lowest BCUT2D eigenvalue weighted by Crippen LogP contribution is -2.39. The average molecular weight is 189 g/mol. The average Bonchev–Trinajstić information content (AvgIpc) is 2.45. The van der Waals surface area contributed by atoms with Crippen LogP contribution in [0.4, 0.5) is 0 Å². The third kappa shape index (κ3) is 4.04. The fourth-order valence-electron chi connectivity index (χ4n) is 1.42. The second-order valence-electron chi connectivity index (χ2n) is 3.66. The molecule has 1 rings (SSSR count). The number of aliphatic hydroxyl groups excluding tert-OH is 2. The summed E-state index contributed by atoms with van der Waals surface area (Å²) in [6.07, 6.45) is 1.13. The van der Waals surface area contributed by atoms with Gasteiger partial charge >= 0.3 is 0 Å². The third-order valence-electron chi connectivity index (χ3n) is 2.26. The van der Waals surface area contributed by atoms with E-state index in [2.05, 4.69) is 5.32 Å². The predicted molar refractivity (Wildman–Crippen MR) is 49.5 cm³/mol. The van der Waals surface area contributed by atoms with E-state index in [1.165, 1.54) is 0 Å². The molecule has 1 fully saturated rings. The number of ether oxygens (including phenoxy) is 1. The fraction of sp³-hybridized carbons (Fsp3) is 1.00. The van der Waals surface area contributed by atoms with Crippen molar-refractivity contribution < 1.29 is 14.9 Å². The van der Waals surface area contributed by atoms with Crippen molar-refractivity contribution in [3.05, 3.63) is 0 Å². The highest BCUT2D eigenvalue weighted by atomic mass is 16.5. The Labute approximate surface area is 78.9 Å². The lowest BCUT2D eigenvalue weighted by atomic mass is 10.2. The van der Waals surface area contributed by atoms with E-state index in [-0.39, 0.29) is 18.2 Å². The summed E-state index contributed by atoms with van der Waals surface area (Å²) in [5.41, 5.74) is 0. The van der Waals surface area contributed by atoms with E-state index in [0.29, 0.717) is 13.2 Å². The minimum Gasteiger partial charge on any atom is -0.393 e. The van der Waals surface area contributed by atoms with Gasteiger partial charge in [-0.1, -0.05) is 0 Å². The number of rotatable bonds is 5. The van der Waals surface area contributed by atoms with Crippen LogP contribution in [0.5, 0.6) is 0 Å². The maximum Gasteiger partial charge on any atom is 0.0948 e. The summed E-state index contributed by atoms with van der Waals surface area (Å²) >= 11 is 0. The lowest BCUT2D eigenvalue weighted by molar-refractivity contribution is 0.122. The Bertz CT molecular complexity index is 141. The summed E-state index contributed by atoms with van der Waals surface area (Å²) < 4.78 is 5.09. The molecule has 0 radical (unpaired) electrons. The zero-order valence-corrected chi connectivity index (χ0v) is 8.07. The Morgan fingerprint density at radius 2 is 2.31 bits per heavy atom. The minimum atomic E-state index is -0.369. The van der Waals surface area contributed by atoms with Gasteiger partial charge in [-0.2, -0.15) is 0 Å². The third-order valence-corrected chi connectivity index (χ3v) is 2.26. The summed E-state index contributed by atoms with van der Waals surface area (Å²) in [4.78, 5) is 0. The van der Waals surface area contributed by atoms with Crippen LogP contribution in [0.1, 0.15) is 19.8 Å². The highest BCUT2D eigenvalue weighted by molar-refractivity contribution is 4.80. The van der Waals surface area contributed by atoms with E-state index in [1.54, 1.807) is 6.92 Å². The topological polar surface area (TPSA) is 61.7 Å². The standard InChI is InChI=1S/C9H19NO3/c1-7(11)3-2-4-10-8-5-13-6-9(8)12/h7-12H,2-6H2,1H3. The smallest absolute Gasteiger partial charge is 0.0948 e. The van der Waals surface area contributed by atoms with Gasteiger partial charge in [0, 0.05) is 0 Å². The van der Waals surface area contributed by atoms with E-state index in [4.69, 9.17) is 9.84 Å². The van der Waals surface area contributed by atoms with Crippen molar-refractivity contribution in [3.63, 3.8) is 0 Å². The number of nitrogens with one attached hydrogen (secondary N) is 1. The Balaban J connectivity index is 1.99. The molecule has 0 aliphatic carbocycles. The van der Waals surface area contributed by atoms with Gasteiger partial charge in [0.1, 0.15) is 0 Å². The Morgan fingerprint density at radius 1 is 1.54 bits per heavy atom. The molecule has 3 N–H and O–H groups in total. The van der Waals surface area contributed by atoms with Crippen molar-refractivity contribution in [3.8, 4) is 0 Å². The molecule has 1 heterocycles. The highest BCUT2D eigenvalue weighted by Crippen LogP contribution is 2.05. The Morgan fingerprint density at radius 3 is 2.85 bits per heavy atom. The maximum atomic E-state index is 9.36. The van der Waals surface area contributed by atoms with Gasteiger partial charge in [0.25, 0.3) is 0 Å². The van der Waals surface area contributed by atoms with Crippen molar-refractivity contribution in [2.75, 3.05) is 19.8 Å². The molecule has 0 amide bonds. The molecule has 78 valence electrons. The molecule has 0 spiro atoms. The van der Waals surface area contributed by atoms with Gasteiger partial charge in [-0.05, 0) is 26.3 Å². The van der Waals surface area contributed by atoms with Crippen LogP contribution in [0.2, 0.25) is 0 Å². The van der Waals surface area contributed by atoms with Gasteiger partial charge < -0.3 is 20.3 Å². The van der Waals surface area contributed by atoms with Crippen molar-refractivity contribution >= 4 is 0 Å². The highest BCUT2D eigenvalue weighted by Gasteiger charge is 2.24. The summed E-state index contributed by atoms with van der Waals surface area (Å²) in [7, 11) is 0. The van der Waals surface area contributed by atoms with Gasteiger partial charge in [-0.25, -0.2) is 0 Å². The molecule has 0 aromatic rings. The number of hydrogen-bond acceptors (Lipinski definition) is 4. The molecule has 3 unspecified atom stereocenters. The van der Waals surface area contributed by atoms with Gasteiger partial charge in [0.2, 0.25) is 0 Å². The zero-order valence-electron chi connectivity index (χ0n) is 8.07. The molecule has 4 heteroatoms. The largest absolute Gasteiger partial charge is 0.393 e. The quantitative estimate of drug-likeness (QED) is 0.510. The zero-order chi connectivity index (χ0) is 9.68. The van der Waals surface area contributed by atoms with Gasteiger partial charge in [-0.3, -0.25) is 0 Å². The first-order valence-electron chi connectivity index (χ1n) is 4.87. The molecule has 1 aliphatic heterocycles. The van der Waals surface area contributed by atoms with E-state index >= 15 is 0 Å². The monoisotopic (exact) mass is 189 g/mol. The van der Waals surface area contributed by atoms with Crippen LogP contribution in [-0.4, -0.2) is 48.2 Å². The Hall–Kier alpha value is -0.160. The van der Waals surface area contributed by atoms with Crippen LogP contribution >= 0.6 is 0 Å². The van der Waals surface area contributed by atoms with Crippen LogP contribution in [0.15, 0.2) is 0 Å². The summed E-state index contributed by atoms with van der Waals surface area (Å²) in [6, 6.07) is 0.0778. The van der Waals surface area contributed by atoms with Crippen LogP contribution in [0, 0.1) is 0 Å². The maximum absolute atomic E-state index is 9.36. The van der Waals surface area contributed by atoms with Gasteiger partial charge in [0.15, 0.2) is 0 Å². The molecular weight excluding hydrogens is 170 g/mol. The molecule has 0 saturated carbocycles. The fourth-order valence-corrected chi connectivity index (χ4v) is 1.42. The van der Waals surface area contributed by atoms with Crippen molar-refractivity contribution in [1.82, 2.24) is 5.32 Å². The molecular formula is C9H19NO3. The van der Waals surface area contributed by atoms with Crippen LogP contribution in [0.3, 0.4) is 0 Å². The Kier molecular flexibility index (Phi) is 4.66. The van der Waals surface area contributed by atoms with Crippen LogP contribution < -0.4 is 5.32 Å². The van der Waals surface area contributed by atoms with Crippen molar-refractivity contribution in [1.29, 1.82) is 0 Å². The van der Waals surface area contributed by atoms with E-state index in [0.717, 1.165) is 19.4 Å². The normalized spacial score (nSPS) is 30.7. The summed E-state index contributed by atoms with van der Waals surface area (Å²) in [6.45, 7) is 3.65. The van der Waals surface area contributed by atoms with Gasteiger partial charge in [-0.15, -0.1) is 0 Å². The first-order valence-corrected chi connectivity index (χ1v) is 4.87.